The summed E-state index contributed by atoms with van der Waals surface area (Å²) in [5.74, 6) is -1.48. The van der Waals surface area contributed by atoms with Crippen molar-refractivity contribution in [3.63, 3.8) is 0 Å². The van der Waals surface area contributed by atoms with Crippen LogP contribution in [-0.2, 0) is 28.9 Å². The summed E-state index contributed by atoms with van der Waals surface area (Å²) in [6.07, 6.45) is -5.94. The van der Waals surface area contributed by atoms with Gasteiger partial charge in [-0.15, -0.1) is 0 Å². The predicted molar refractivity (Wildman–Crippen MR) is 133 cm³/mol. The molecule has 0 bridgehead atoms. The van der Waals surface area contributed by atoms with Gasteiger partial charge in [0.15, 0.2) is 0 Å². The molecule has 2 N–H and O–H groups in total. The van der Waals surface area contributed by atoms with Crippen LogP contribution < -0.4 is 4.74 Å². The van der Waals surface area contributed by atoms with Gasteiger partial charge in [0.1, 0.15) is 5.75 Å². The van der Waals surface area contributed by atoms with Crippen molar-refractivity contribution in [1.82, 2.24) is 4.90 Å². The lowest BCUT2D eigenvalue weighted by molar-refractivity contribution is -0.202. The molecule has 0 saturated carbocycles. The van der Waals surface area contributed by atoms with Crippen molar-refractivity contribution in [2.75, 3.05) is 13.7 Å². The number of halogens is 3. The number of benzene rings is 3. The van der Waals surface area contributed by atoms with Crippen molar-refractivity contribution >= 4 is 5.97 Å². The van der Waals surface area contributed by atoms with Gasteiger partial charge in [0.2, 0.25) is 6.41 Å². The number of methoxy groups -OCH3 is 1. The summed E-state index contributed by atoms with van der Waals surface area (Å²) in [5, 5.41) is 20.1. The minimum Gasteiger partial charge on any atom is -0.496 e. The lowest BCUT2D eigenvalue weighted by Crippen LogP contribution is -2.36. The second-order valence-electron chi connectivity index (χ2n) is 8.58. The zero-order valence-electron chi connectivity index (χ0n) is 20.8. The lowest BCUT2D eigenvalue weighted by atomic mass is 9.92. The number of aliphatic hydroxyl groups excluding tert-OH is 1. The molecule has 0 radical (unpaired) electrons. The summed E-state index contributed by atoms with van der Waals surface area (Å²) >= 11 is 0. The first-order valence-electron chi connectivity index (χ1n) is 11.7. The van der Waals surface area contributed by atoms with E-state index in [1.807, 2.05) is 30.3 Å². The van der Waals surface area contributed by atoms with Gasteiger partial charge in [0.05, 0.1) is 25.2 Å². The van der Waals surface area contributed by atoms with E-state index in [2.05, 4.69) is 0 Å². The third kappa shape index (κ3) is 7.09. The minimum absolute atomic E-state index is 0.0619. The Morgan fingerprint density at radius 1 is 1.03 bits per heavy atom. The van der Waals surface area contributed by atoms with Gasteiger partial charge < -0.3 is 19.7 Å². The number of hydrogen-bond donors (Lipinski definition) is 2. The van der Waals surface area contributed by atoms with E-state index in [0.717, 1.165) is 17.7 Å². The second-order valence-corrected chi connectivity index (χ2v) is 8.58. The van der Waals surface area contributed by atoms with Crippen LogP contribution in [0.3, 0.4) is 0 Å². The van der Waals surface area contributed by atoms with Crippen LogP contribution in [0.25, 0.3) is 11.1 Å². The second kappa shape index (κ2) is 12.2. The van der Waals surface area contributed by atoms with Crippen molar-refractivity contribution in [3.05, 3.63) is 89.0 Å². The van der Waals surface area contributed by atoms with Crippen molar-refractivity contribution in [2.45, 2.75) is 45.5 Å². The Morgan fingerprint density at radius 2 is 1.73 bits per heavy atom. The van der Waals surface area contributed by atoms with E-state index in [1.54, 1.807) is 25.1 Å². The fraction of sp³-hybridized carbons (Fsp3) is 0.321. The first-order valence-corrected chi connectivity index (χ1v) is 11.7. The number of ether oxygens (including phenoxy) is 2. The van der Waals surface area contributed by atoms with Gasteiger partial charge in [-0.1, -0.05) is 49.4 Å². The topological polar surface area (TPSA) is 79.2 Å². The number of alkyl halides is 3. The van der Waals surface area contributed by atoms with Gasteiger partial charge in [0.25, 0.3) is 0 Å². The number of aliphatic hydroxyl groups is 1. The molecule has 6 nitrogen and oxygen atoms in total. The predicted octanol–water partition coefficient (Wildman–Crippen LogP) is 5.88. The average molecular weight is 518 g/mol. The molecule has 3 rings (SSSR count). The molecule has 3 aromatic rings. The highest BCUT2D eigenvalue weighted by atomic mass is 19.4. The summed E-state index contributed by atoms with van der Waals surface area (Å²) in [6.45, 7) is 3.64. The largest absolute Gasteiger partial charge is 0.496 e. The Morgan fingerprint density at radius 3 is 2.32 bits per heavy atom. The molecule has 0 heterocycles. The summed E-state index contributed by atoms with van der Waals surface area (Å²) < 4.78 is 51.9. The number of nitrogens with zero attached hydrogens (tertiary/aromatic N) is 1. The Kier molecular flexibility index (Phi) is 9.31. The van der Waals surface area contributed by atoms with E-state index in [9.17, 15) is 28.2 Å². The van der Waals surface area contributed by atoms with Gasteiger partial charge in [-0.3, -0.25) is 9.69 Å². The van der Waals surface area contributed by atoms with E-state index in [1.165, 1.54) is 25.0 Å². The van der Waals surface area contributed by atoms with Gasteiger partial charge in [-0.25, -0.2) is 0 Å². The number of carboxylic acid groups (broad SMARTS) is 1. The molecule has 0 saturated heterocycles. The molecule has 0 spiro atoms. The Hall–Kier alpha value is -3.40. The van der Waals surface area contributed by atoms with Crippen molar-refractivity contribution in [3.8, 4) is 16.9 Å². The normalized spacial score (nSPS) is 13.4. The van der Waals surface area contributed by atoms with Crippen LogP contribution in [0, 0.1) is 0 Å². The van der Waals surface area contributed by atoms with Gasteiger partial charge in [-0.2, -0.15) is 13.2 Å². The lowest BCUT2D eigenvalue weighted by Gasteiger charge is -2.28. The first kappa shape index (κ1) is 28.2. The van der Waals surface area contributed by atoms with Crippen LogP contribution in [0.1, 0.15) is 42.0 Å². The van der Waals surface area contributed by atoms with E-state index >= 15 is 0 Å². The molecule has 198 valence electrons. The maximum Gasteiger partial charge on any atom is 0.416 e. The maximum atomic E-state index is 13.6. The zero-order chi connectivity index (χ0) is 27.2. The molecule has 0 amide bonds. The molecule has 0 aliphatic rings. The number of carbonyl (C=O) groups is 1. The number of rotatable bonds is 11. The number of aliphatic carboxylic acids is 1. The molecule has 2 atom stereocenters. The molecule has 0 aromatic heterocycles. The van der Waals surface area contributed by atoms with Gasteiger partial charge in [-0.05, 0) is 53.4 Å². The van der Waals surface area contributed by atoms with Crippen LogP contribution >= 0.6 is 0 Å². The average Bonchev–Trinajstić information content (AvgIpc) is 2.89. The highest BCUT2D eigenvalue weighted by Crippen LogP contribution is 2.39. The van der Waals surface area contributed by atoms with Crippen molar-refractivity contribution < 1.29 is 37.7 Å². The number of hydrogen-bond acceptors (Lipinski definition) is 5. The smallest absolute Gasteiger partial charge is 0.416 e. The van der Waals surface area contributed by atoms with Crippen LogP contribution in [0.4, 0.5) is 13.2 Å². The van der Waals surface area contributed by atoms with Crippen LogP contribution in [0.2, 0.25) is 0 Å². The van der Waals surface area contributed by atoms with Crippen LogP contribution in [0.5, 0.6) is 5.75 Å². The Balaban J connectivity index is 2.01. The Bertz CT molecular complexity index is 1200. The third-order valence-corrected chi connectivity index (χ3v) is 6.15. The third-order valence-electron chi connectivity index (χ3n) is 6.15. The minimum atomic E-state index is -4.57. The molecule has 2 unspecified atom stereocenters. The number of carboxylic acids is 1. The van der Waals surface area contributed by atoms with Crippen molar-refractivity contribution in [2.24, 2.45) is 0 Å². The quantitative estimate of drug-likeness (QED) is 0.309. The van der Waals surface area contributed by atoms with Gasteiger partial charge >= 0.3 is 12.1 Å². The van der Waals surface area contributed by atoms with Gasteiger partial charge in [0, 0.05) is 18.7 Å². The van der Waals surface area contributed by atoms with E-state index in [4.69, 9.17) is 9.47 Å². The molecular formula is C28H30F3NO5. The Labute approximate surface area is 213 Å². The fourth-order valence-electron chi connectivity index (χ4n) is 3.93. The molecular weight excluding hydrogens is 487 g/mol. The monoisotopic (exact) mass is 517 g/mol. The van der Waals surface area contributed by atoms with Crippen LogP contribution in [0.15, 0.2) is 66.7 Å². The summed E-state index contributed by atoms with van der Waals surface area (Å²) in [5.41, 5.74) is 1.64. The summed E-state index contributed by atoms with van der Waals surface area (Å²) in [7, 11) is 1.43. The molecule has 37 heavy (non-hydrogen) atoms. The summed E-state index contributed by atoms with van der Waals surface area (Å²) in [6, 6.07) is 17.4. The van der Waals surface area contributed by atoms with E-state index in [0.29, 0.717) is 29.0 Å². The highest BCUT2D eigenvalue weighted by Gasteiger charge is 2.32. The van der Waals surface area contributed by atoms with Crippen LogP contribution in [-0.4, -0.2) is 41.2 Å². The fourth-order valence-corrected chi connectivity index (χ4v) is 3.93. The maximum absolute atomic E-state index is 13.6. The van der Waals surface area contributed by atoms with E-state index in [-0.39, 0.29) is 18.7 Å². The molecule has 0 aliphatic carbocycles. The molecule has 0 fully saturated rings. The van der Waals surface area contributed by atoms with E-state index < -0.39 is 30.0 Å². The highest BCUT2D eigenvalue weighted by molar-refractivity contribution is 5.79. The summed E-state index contributed by atoms with van der Waals surface area (Å²) in [4.78, 5) is 13.0. The zero-order valence-corrected chi connectivity index (χ0v) is 20.8. The molecule has 9 heteroatoms. The van der Waals surface area contributed by atoms with Crippen molar-refractivity contribution in [1.29, 1.82) is 0 Å². The standard InChI is InChI=1S/C28H30F3NO5/c1-4-32(27(35)37-17-19-8-6-5-7-9-19)16-21-14-22(28(29,30)31)11-12-23(21)24-15-20(18(2)26(33)34)10-13-25(24)36-3/h5-15,18,27,35H,4,16-17H2,1-3H3,(H,33,34). The molecule has 0 aliphatic heterocycles. The first-order chi connectivity index (χ1) is 17.5. The SMILES string of the molecule is CCN(Cc1cc(C(F)(F)F)ccc1-c1cc(C(C)C(=O)O)ccc1OC)C(O)OCc1ccccc1. The molecule has 3 aromatic carbocycles.